The van der Waals surface area contributed by atoms with E-state index in [0.29, 0.717) is 14.3 Å². The lowest BCUT2D eigenvalue weighted by molar-refractivity contribution is 0.221. The molecule has 3 unspecified atom stereocenters. The van der Waals surface area contributed by atoms with E-state index >= 15 is 0 Å². The van der Waals surface area contributed by atoms with Gasteiger partial charge in [-0.1, -0.05) is 94.7 Å². The molecule has 0 amide bonds. The van der Waals surface area contributed by atoms with E-state index in [9.17, 15) is 10.2 Å². The van der Waals surface area contributed by atoms with Gasteiger partial charge in [0, 0.05) is 10.7 Å². The molecule has 0 radical (unpaired) electrons. The van der Waals surface area contributed by atoms with Crippen LogP contribution in [0.25, 0.3) is 0 Å². The standard InChI is InChI=1S/C25H29O2P/c1-5-25(4,21-13-9-10-18(3)23(21)26)28-22-15-14-17(2)16-20(22)24(27)19-11-7-6-8-12-19/h6-16,24,26-28H,5H2,1-4H3. The molecule has 28 heavy (non-hydrogen) atoms. The third-order valence-corrected chi connectivity index (χ3v) is 7.47. The number of para-hydroxylation sites is 1. The quantitative estimate of drug-likeness (QED) is 0.527. The van der Waals surface area contributed by atoms with Gasteiger partial charge >= 0.3 is 0 Å². The lowest BCUT2D eigenvalue weighted by Crippen LogP contribution is -2.22. The zero-order valence-electron chi connectivity index (χ0n) is 17.0. The van der Waals surface area contributed by atoms with E-state index in [0.717, 1.165) is 39.5 Å². The summed E-state index contributed by atoms with van der Waals surface area (Å²) in [6.45, 7) is 8.36. The molecule has 0 aromatic heterocycles. The Morgan fingerprint density at radius 2 is 1.68 bits per heavy atom. The Bertz CT molecular complexity index is 952. The highest BCUT2D eigenvalue weighted by Gasteiger charge is 2.30. The van der Waals surface area contributed by atoms with E-state index in [-0.39, 0.29) is 5.16 Å². The summed E-state index contributed by atoms with van der Waals surface area (Å²) in [5.74, 6) is 0.386. The van der Waals surface area contributed by atoms with E-state index in [1.807, 2.05) is 55.5 Å². The van der Waals surface area contributed by atoms with Crippen molar-refractivity contribution in [2.24, 2.45) is 0 Å². The molecule has 0 aliphatic carbocycles. The van der Waals surface area contributed by atoms with Crippen molar-refractivity contribution in [3.63, 3.8) is 0 Å². The Kier molecular flexibility index (Phi) is 6.23. The third-order valence-electron chi connectivity index (χ3n) is 5.57. The first-order valence-electron chi connectivity index (χ1n) is 9.76. The number of aliphatic hydroxyl groups excluding tert-OH is 1. The third kappa shape index (κ3) is 4.14. The molecule has 0 saturated heterocycles. The van der Waals surface area contributed by atoms with Crippen molar-refractivity contribution in [1.29, 1.82) is 0 Å². The molecule has 3 aromatic carbocycles. The SMILES string of the molecule is CCC(C)(Pc1ccc(C)cc1C(O)c1ccccc1)c1cccc(C)c1O. The summed E-state index contributed by atoms with van der Waals surface area (Å²) in [7, 11) is 0.432. The Hall–Kier alpha value is -2.15. The van der Waals surface area contributed by atoms with Gasteiger partial charge in [0.1, 0.15) is 11.9 Å². The van der Waals surface area contributed by atoms with Gasteiger partial charge in [-0.25, -0.2) is 0 Å². The van der Waals surface area contributed by atoms with Gasteiger partial charge in [0.15, 0.2) is 0 Å². The number of phenols is 1. The zero-order valence-corrected chi connectivity index (χ0v) is 18.0. The maximum atomic E-state index is 11.1. The molecular weight excluding hydrogens is 363 g/mol. The highest BCUT2D eigenvalue weighted by molar-refractivity contribution is 7.48. The summed E-state index contributed by atoms with van der Waals surface area (Å²) in [5.41, 5.74) is 4.87. The number of aromatic hydroxyl groups is 1. The molecule has 3 rings (SSSR count). The Morgan fingerprint density at radius 3 is 2.36 bits per heavy atom. The Labute approximate surface area is 170 Å². The van der Waals surface area contributed by atoms with Crippen molar-refractivity contribution in [2.75, 3.05) is 0 Å². The van der Waals surface area contributed by atoms with Gasteiger partial charge in [0.05, 0.1) is 0 Å². The predicted octanol–water partition coefficient (Wildman–Crippen LogP) is 5.72. The normalized spacial score (nSPS) is 14.9. The van der Waals surface area contributed by atoms with Crippen LogP contribution in [0.15, 0.2) is 66.7 Å². The van der Waals surface area contributed by atoms with Crippen LogP contribution in [0.3, 0.4) is 0 Å². The van der Waals surface area contributed by atoms with Crippen molar-refractivity contribution >= 4 is 13.9 Å². The summed E-state index contributed by atoms with van der Waals surface area (Å²) in [6.07, 6.45) is 0.243. The van der Waals surface area contributed by atoms with Gasteiger partial charge in [0.2, 0.25) is 0 Å². The van der Waals surface area contributed by atoms with Crippen molar-refractivity contribution in [1.82, 2.24) is 0 Å². The first kappa shape index (κ1) is 20.6. The second-order valence-corrected chi connectivity index (χ2v) is 9.58. The maximum Gasteiger partial charge on any atom is 0.122 e. The van der Waals surface area contributed by atoms with Crippen LogP contribution in [-0.4, -0.2) is 10.2 Å². The van der Waals surface area contributed by atoms with Crippen molar-refractivity contribution < 1.29 is 10.2 Å². The second-order valence-electron chi connectivity index (χ2n) is 7.69. The number of hydrogen-bond acceptors (Lipinski definition) is 2. The molecule has 0 spiro atoms. The predicted molar refractivity (Wildman–Crippen MR) is 120 cm³/mol. The lowest BCUT2D eigenvalue weighted by atomic mass is 9.94. The summed E-state index contributed by atoms with van der Waals surface area (Å²) in [4.78, 5) is 0. The average Bonchev–Trinajstić information content (AvgIpc) is 2.71. The van der Waals surface area contributed by atoms with Crippen molar-refractivity contribution in [3.05, 3.63) is 94.5 Å². The molecule has 3 aromatic rings. The van der Waals surface area contributed by atoms with Crippen LogP contribution >= 0.6 is 8.58 Å². The first-order valence-corrected chi connectivity index (χ1v) is 10.8. The average molecular weight is 392 g/mol. The smallest absolute Gasteiger partial charge is 0.122 e. The molecule has 0 aliphatic heterocycles. The molecule has 0 heterocycles. The fraction of sp³-hybridized carbons (Fsp3) is 0.280. The van der Waals surface area contributed by atoms with Crippen LogP contribution < -0.4 is 5.30 Å². The van der Waals surface area contributed by atoms with E-state index in [2.05, 4.69) is 39.0 Å². The van der Waals surface area contributed by atoms with Crippen LogP contribution in [0, 0.1) is 13.8 Å². The zero-order chi connectivity index (χ0) is 20.3. The number of aliphatic hydroxyl groups is 1. The molecule has 2 N–H and O–H groups in total. The molecule has 2 nitrogen and oxygen atoms in total. The molecule has 0 aliphatic rings. The van der Waals surface area contributed by atoms with E-state index < -0.39 is 6.10 Å². The summed E-state index contributed by atoms with van der Waals surface area (Å²) in [6, 6.07) is 22.1. The van der Waals surface area contributed by atoms with Crippen LogP contribution in [0.2, 0.25) is 0 Å². The van der Waals surface area contributed by atoms with E-state index in [1.54, 1.807) is 0 Å². The first-order chi connectivity index (χ1) is 13.4. The summed E-state index contributed by atoms with van der Waals surface area (Å²) >= 11 is 0. The minimum absolute atomic E-state index is 0.198. The highest BCUT2D eigenvalue weighted by atomic mass is 31.1. The molecule has 146 valence electrons. The second kappa shape index (κ2) is 8.47. The van der Waals surface area contributed by atoms with Gasteiger partial charge in [0.25, 0.3) is 0 Å². The molecule has 0 fully saturated rings. The topological polar surface area (TPSA) is 40.5 Å². The molecular formula is C25H29O2P. The Balaban J connectivity index is 2.05. The largest absolute Gasteiger partial charge is 0.507 e. The van der Waals surface area contributed by atoms with Crippen LogP contribution in [0.4, 0.5) is 0 Å². The highest BCUT2D eigenvalue weighted by Crippen LogP contribution is 2.48. The van der Waals surface area contributed by atoms with Gasteiger partial charge in [-0.05, 0) is 42.3 Å². The number of benzene rings is 3. The summed E-state index contributed by atoms with van der Waals surface area (Å²) in [5, 5.41) is 22.7. The molecule has 0 bridgehead atoms. The minimum atomic E-state index is -0.657. The molecule has 3 heteroatoms. The fourth-order valence-electron chi connectivity index (χ4n) is 3.58. The van der Waals surface area contributed by atoms with Crippen molar-refractivity contribution in [2.45, 2.75) is 45.4 Å². The van der Waals surface area contributed by atoms with E-state index in [1.165, 1.54) is 0 Å². The van der Waals surface area contributed by atoms with Crippen LogP contribution in [0.1, 0.15) is 54.2 Å². The maximum absolute atomic E-state index is 11.1. The van der Waals surface area contributed by atoms with Gasteiger partial charge in [-0.3, -0.25) is 0 Å². The van der Waals surface area contributed by atoms with E-state index in [4.69, 9.17) is 0 Å². The van der Waals surface area contributed by atoms with Gasteiger partial charge < -0.3 is 10.2 Å². The monoisotopic (exact) mass is 392 g/mol. The lowest BCUT2D eigenvalue weighted by Gasteiger charge is -2.32. The number of rotatable bonds is 6. The number of hydrogen-bond donors (Lipinski definition) is 2. The van der Waals surface area contributed by atoms with Gasteiger partial charge in [-0.2, -0.15) is 0 Å². The number of phenolic OH excluding ortho intramolecular Hbond substituents is 1. The fourth-order valence-corrected chi connectivity index (χ4v) is 5.21. The Morgan fingerprint density at radius 1 is 0.964 bits per heavy atom. The van der Waals surface area contributed by atoms with Crippen LogP contribution in [-0.2, 0) is 5.16 Å². The van der Waals surface area contributed by atoms with Crippen molar-refractivity contribution in [3.8, 4) is 5.75 Å². The number of aryl methyl sites for hydroxylation is 2. The van der Waals surface area contributed by atoms with Crippen LogP contribution in [0.5, 0.6) is 5.75 Å². The molecule has 3 atom stereocenters. The summed E-state index contributed by atoms with van der Waals surface area (Å²) < 4.78 is 0. The molecule has 0 saturated carbocycles. The van der Waals surface area contributed by atoms with Gasteiger partial charge in [-0.15, -0.1) is 0 Å². The minimum Gasteiger partial charge on any atom is -0.507 e.